The van der Waals surface area contributed by atoms with E-state index in [1.54, 1.807) is 17.1 Å². The first-order valence-corrected chi connectivity index (χ1v) is 6.56. The van der Waals surface area contributed by atoms with Crippen molar-refractivity contribution in [2.24, 2.45) is 0 Å². The standard InChI is InChI=1S/C14H8ClN6/c15-11-4-10(13-17-8-18-20-13)5-12(6-11)21-14-9(7-19-21)2-1-3-16-14/h2-8H,(H,17,18,20). The van der Waals surface area contributed by atoms with Crippen LogP contribution in [0, 0.1) is 6.07 Å². The van der Waals surface area contributed by atoms with Crippen LogP contribution in [-0.2, 0) is 0 Å². The summed E-state index contributed by atoms with van der Waals surface area (Å²) in [6.45, 7) is 0. The molecule has 3 aromatic heterocycles. The highest BCUT2D eigenvalue weighted by molar-refractivity contribution is 6.31. The van der Waals surface area contributed by atoms with Gasteiger partial charge in [0.2, 0.25) is 0 Å². The summed E-state index contributed by atoms with van der Waals surface area (Å²) in [5.74, 6) is 0.650. The second-order valence-electron chi connectivity index (χ2n) is 4.44. The number of pyridine rings is 1. The van der Waals surface area contributed by atoms with Crippen molar-refractivity contribution in [1.82, 2.24) is 29.9 Å². The fourth-order valence-electron chi connectivity index (χ4n) is 2.18. The summed E-state index contributed by atoms with van der Waals surface area (Å²) in [4.78, 5) is 7.26. The zero-order valence-corrected chi connectivity index (χ0v) is 11.4. The maximum absolute atomic E-state index is 6.21. The highest BCUT2D eigenvalue weighted by Crippen LogP contribution is 2.25. The average Bonchev–Trinajstić information content (AvgIpc) is 3.16. The van der Waals surface area contributed by atoms with Gasteiger partial charge in [0.15, 0.2) is 11.5 Å². The van der Waals surface area contributed by atoms with E-state index in [0.717, 1.165) is 22.3 Å². The lowest BCUT2D eigenvalue weighted by molar-refractivity contribution is 0.897. The Hall–Kier alpha value is -2.73. The summed E-state index contributed by atoms with van der Waals surface area (Å²) in [5, 5.41) is 13.6. The number of hydrogen-bond acceptors (Lipinski definition) is 4. The van der Waals surface area contributed by atoms with Gasteiger partial charge in [-0.25, -0.2) is 9.67 Å². The highest BCUT2D eigenvalue weighted by Gasteiger charge is 2.10. The first-order valence-electron chi connectivity index (χ1n) is 6.18. The van der Waals surface area contributed by atoms with E-state index in [1.807, 2.05) is 24.3 Å². The number of nitrogens with one attached hydrogen (secondary N) is 1. The zero-order chi connectivity index (χ0) is 14.2. The number of fused-ring (bicyclic) bond motifs is 1. The van der Waals surface area contributed by atoms with E-state index in [0.29, 0.717) is 10.8 Å². The van der Waals surface area contributed by atoms with E-state index in [9.17, 15) is 0 Å². The molecule has 0 saturated heterocycles. The van der Waals surface area contributed by atoms with Gasteiger partial charge in [-0.15, -0.1) is 10.2 Å². The Bertz CT molecular complexity index is 912. The second-order valence-corrected chi connectivity index (χ2v) is 4.88. The van der Waals surface area contributed by atoms with E-state index in [2.05, 4.69) is 31.3 Å². The molecule has 0 aliphatic heterocycles. The van der Waals surface area contributed by atoms with Gasteiger partial charge in [-0.1, -0.05) is 11.6 Å². The van der Waals surface area contributed by atoms with E-state index in [1.165, 1.54) is 6.33 Å². The largest absolute Gasteiger partial charge is 0.328 e. The van der Waals surface area contributed by atoms with Crippen molar-refractivity contribution in [2.75, 3.05) is 0 Å². The molecular formula is C14H8ClN6. The fraction of sp³-hybridized carbons (Fsp3) is 0. The summed E-state index contributed by atoms with van der Waals surface area (Å²) in [6, 6.07) is 10.3. The average molecular weight is 296 g/mol. The molecule has 101 valence electrons. The highest BCUT2D eigenvalue weighted by atomic mass is 35.5. The molecular weight excluding hydrogens is 288 g/mol. The quantitative estimate of drug-likeness (QED) is 0.617. The number of rotatable bonds is 2. The molecule has 21 heavy (non-hydrogen) atoms. The lowest BCUT2D eigenvalue weighted by atomic mass is 10.2. The number of aromatic amines is 1. The van der Waals surface area contributed by atoms with Gasteiger partial charge in [0.05, 0.1) is 11.9 Å². The molecule has 4 rings (SSSR count). The van der Waals surface area contributed by atoms with Crippen LogP contribution in [0.1, 0.15) is 0 Å². The molecule has 4 aromatic rings. The molecule has 1 radical (unpaired) electrons. The summed E-state index contributed by atoms with van der Waals surface area (Å²) in [6.07, 6.45) is 4.88. The van der Waals surface area contributed by atoms with Gasteiger partial charge >= 0.3 is 0 Å². The first-order chi connectivity index (χ1) is 10.3. The van der Waals surface area contributed by atoms with Gasteiger partial charge in [-0.3, -0.25) is 0 Å². The summed E-state index contributed by atoms with van der Waals surface area (Å²) in [7, 11) is 0. The zero-order valence-electron chi connectivity index (χ0n) is 10.7. The number of hydrogen-bond donors (Lipinski definition) is 1. The van der Waals surface area contributed by atoms with Crippen molar-refractivity contribution in [3.05, 3.63) is 54.1 Å². The summed E-state index contributed by atoms with van der Waals surface area (Å²) >= 11 is 6.21. The molecule has 0 unspecified atom stereocenters. The third-order valence-electron chi connectivity index (χ3n) is 3.09. The molecule has 1 aromatic carbocycles. The van der Waals surface area contributed by atoms with Crippen molar-refractivity contribution in [3.63, 3.8) is 0 Å². The van der Waals surface area contributed by atoms with Crippen molar-refractivity contribution in [3.8, 4) is 17.1 Å². The number of H-pyrrole nitrogens is 1. The molecule has 0 bridgehead atoms. The van der Waals surface area contributed by atoms with Crippen molar-refractivity contribution in [2.45, 2.75) is 0 Å². The van der Waals surface area contributed by atoms with Crippen LogP contribution in [0.25, 0.3) is 28.1 Å². The molecule has 0 saturated carbocycles. The molecule has 6 nitrogen and oxygen atoms in total. The van der Waals surface area contributed by atoms with Crippen LogP contribution in [0.15, 0.2) is 43.0 Å². The monoisotopic (exact) mass is 295 g/mol. The molecule has 1 N–H and O–H groups in total. The lowest BCUT2D eigenvalue weighted by Crippen LogP contribution is -1.98. The molecule has 7 heteroatoms. The van der Waals surface area contributed by atoms with Crippen molar-refractivity contribution in [1.29, 1.82) is 0 Å². The molecule has 3 heterocycles. The van der Waals surface area contributed by atoms with E-state index >= 15 is 0 Å². The van der Waals surface area contributed by atoms with Gasteiger partial charge in [0.25, 0.3) is 0 Å². The van der Waals surface area contributed by atoms with Crippen LogP contribution >= 0.6 is 11.6 Å². The van der Waals surface area contributed by atoms with Crippen LogP contribution in [0.3, 0.4) is 0 Å². The summed E-state index contributed by atoms with van der Waals surface area (Å²) in [5.41, 5.74) is 2.39. The molecule has 0 amide bonds. The number of nitrogens with zero attached hydrogens (tertiary/aromatic N) is 5. The third-order valence-corrected chi connectivity index (χ3v) is 3.31. The molecule has 0 fully saturated rings. The molecule has 0 spiro atoms. The van der Waals surface area contributed by atoms with Gasteiger partial charge in [-0.2, -0.15) is 5.10 Å². The number of benzene rings is 1. The Kier molecular flexibility index (Phi) is 2.68. The van der Waals surface area contributed by atoms with Crippen molar-refractivity contribution < 1.29 is 0 Å². The normalized spacial score (nSPS) is 11.1. The van der Waals surface area contributed by atoms with Gasteiger partial charge < -0.3 is 4.98 Å². The van der Waals surface area contributed by atoms with Crippen LogP contribution in [0.4, 0.5) is 0 Å². The summed E-state index contributed by atoms with van der Waals surface area (Å²) < 4.78 is 1.73. The minimum Gasteiger partial charge on any atom is -0.328 e. The topological polar surface area (TPSA) is 72.3 Å². The minimum absolute atomic E-state index is 0.588. The Balaban J connectivity index is 1.93. The van der Waals surface area contributed by atoms with E-state index < -0.39 is 0 Å². The Morgan fingerprint density at radius 2 is 2.19 bits per heavy atom. The Morgan fingerprint density at radius 1 is 1.24 bits per heavy atom. The fourth-order valence-corrected chi connectivity index (χ4v) is 2.41. The second kappa shape index (κ2) is 4.68. The van der Waals surface area contributed by atoms with E-state index in [-0.39, 0.29) is 0 Å². The van der Waals surface area contributed by atoms with Gasteiger partial charge in [0, 0.05) is 28.2 Å². The Labute approximate surface area is 124 Å². The van der Waals surface area contributed by atoms with E-state index in [4.69, 9.17) is 11.6 Å². The Morgan fingerprint density at radius 3 is 3.05 bits per heavy atom. The predicted molar refractivity (Wildman–Crippen MR) is 78.1 cm³/mol. The van der Waals surface area contributed by atoms with Crippen LogP contribution in [0.2, 0.25) is 5.02 Å². The number of halogens is 1. The number of aromatic nitrogens is 6. The molecule has 0 aliphatic rings. The van der Waals surface area contributed by atoms with Gasteiger partial charge in [-0.05, 0) is 24.3 Å². The maximum atomic E-state index is 6.21. The van der Waals surface area contributed by atoms with Crippen LogP contribution < -0.4 is 0 Å². The maximum Gasteiger partial charge on any atom is 0.162 e. The van der Waals surface area contributed by atoms with Gasteiger partial charge in [0.1, 0.15) is 6.33 Å². The van der Waals surface area contributed by atoms with Crippen LogP contribution in [-0.4, -0.2) is 29.9 Å². The first kappa shape index (κ1) is 12.0. The predicted octanol–water partition coefficient (Wildman–Crippen LogP) is 2.66. The SMILES string of the molecule is Clc1cc(-c2nnc[nH]2)cc(-n2ncc3c[c]cnc32)c1. The molecule has 0 atom stereocenters. The smallest absolute Gasteiger partial charge is 0.162 e. The van der Waals surface area contributed by atoms with Crippen LogP contribution in [0.5, 0.6) is 0 Å². The minimum atomic E-state index is 0.588. The third kappa shape index (κ3) is 2.05. The van der Waals surface area contributed by atoms with Crippen molar-refractivity contribution >= 4 is 22.6 Å². The molecule has 0 aliphatic carbocycles. The lowest BCUT2D eigenvalue weighted by Gasteiger charge is -2.06.